The third-order valence-electron chi connectivity index (χ3n) is 3.10. The SMILES string of the molecule is C=CCCCN(C)C(=O)C1CCC(N)C1. The molecule has 1 amide bonds. The highest BCUT2D eigenvalue weighted by Crippen LogP contribution is 2.25. The number of amides is 1. The maximum Gasteiger partial charge on any atom is 0.225 e. The molecule has 3 nitrogen and oxygen atoms in total. The second-order valence-electron chi connectivity index (χ2n) is 4.46. The van der Waals surface area contributed by atoms with E-state index >= 15 is 0 Å². The Labute approximate surface area is 92.3 Å². The fraction of sp³-hybridized carbons (Fsp3) is 0.750. The summed E-state index contributed by atoms with van der Waals surface area (Å²) in [5.74, 6) is 0.445. The van der Waals surface area contributed by atoms with Gasteiger partial charge in [-0.2, -0.15) is 0 Å². The highest BCUT2D eigenvalue weighted by molar-refractivity contribution is 5.78. The molecular formula is C12H22N2O. The number of hydrogen-bond acceptors (Lipinski definition) is 2. The predicted molar refractivity (Wildman–Crippen MR) is 62.4 cm³/mol. The first-order valence-electron chi connectivity index (χ1n) is 5.76. The van der Waals surface area contributed by atoms with Crippen LogP contribution in [0.1, 0.15) is 32.1 Å². The number of nitrogens with two attached hydrogens (primary N) is 1. The Bertz CT molecular complexity index is 228. The quantitative estimate of drug-likeness (QED) is 0.552. The van der Waals surface area contributed by atoms with Gasteiger partial charge in [0, 0.05) is 25.6 Å². The zero-order chi connectivity index (χ0) is 11.3. The minimum atomic E-state index is 0.175. The Morgan fingerprint density at radius 2 is 2.33 bits per heavy atom. The summed E-state index contributed by atoms with van der Waals surface area (Å²) in [6.07, 6.45) is 6.70. The minimum Gasteiger partial charge on any atom is -0.346 e. The van der Waals surface area contributed by atoms with Crippen molar-refractivity contribution < 1.29 is 4.79 Å². The minimum absolute atomic E-state index is 0.175. The lowest BCUT2D eigenvalue weighted by Gasteiger charge is -2.20. The van der Waals surface area contributed by atoms with Crippen LogP contribution in [0.4, 0.5) is 0 Å². The van der Waals surface area contributed by atoms with Crippen LogP contribution >= 0.6 is 0 Å². The fourth-order valence-corrected chi connectivity index (χ4v) is 2.14. The summed E-state index contributed by atoms with van der Waals surface area (Å²) in [5, 5.41) is 0. The molecule has 1 rings (SSSR count). The monoisotopic (exact) mass is 210 g/mol. The number of carbonyl (C=O) groups excluding carboxylic acids is 1. The molecule has 0 bridgehead atoms. The van der Waals surface area contributed by atoms with E-state index in [4.69, 9.17) is 5.73 Å². The van der Waals surface area contributed by atoms with Gasteiger partial charge in [0.1, 0.15) is 0 Å². The molecule has 0 aliphatic heterocycles. The van der Waals surface area contributed by atoms with Gasteiger partial charge in [-0.3, -0.25) is 4.79 Å². The Hall–Kier alpha value is -0.830. The van der Waals surface area contributed by atoms with Crippen molar-refractivity contribution in [3.63, 3.8) is 0 Å². The van der Waals surface area contributed by atoms with Crippen molar-refractivity contribution >= 4 is 5.91 Å². The summed E-state index contributed by atoms with van der Waals surface area (Å²) in [6, 6.07) is 0.237. The first kappa shape index (κ1) is 12.2. The van der Waals surface area contributed by atoms with Crippen molar-refractivity contribution in [2.24, 2.45) is 11.7 Å². The third kappa shape index (κ3) is 3.67. The van der Waals surface area contributed by atoms with Crippen LogP contribution in [0, 0.1) is 5.92 Å². The van der Waals surface area contributed by atoms with Gasteiger partial charge in [0.15, 0.2) is 0 Å². The van der Waals surface area contributed by atoms with E-state index < -0.39 is 0 Å². The van der Waals surface area contributed by atoms with Crippen molar-refractivity contribution in [2.45, 2.75) is 38.1 Å². The first-order chi connectivity index (χ1) is 7.15. The molecule has 2 atom stereocenters. The van der Waals surface area contributed by atoms with Gasteiger partial charge in [0.2, 0.25) is 5.91 Å². The summed E-state index contributed by atoms with van der Waals surface area (Å²) >= 11 is 0. The van der Waals surface area contributed by atoms with E-state index in [-0.39, 0.29) is 17.9 Å². The van der Waals surface area contributed by atoms with Gasteiger partial charge in [-0.05, 0) is 32.1 Å². The zero-order valence-corrected chi connectivity index (χ0v) is 9.61. The normalized spacial score (nSPS) is 25.2. The van der Waals surface area contributed by atoms with Crippen LogP contribution in [-0.4, -0.2) is 30.4 Å². The Balaban J connectivity index is 2.29. The lowest BCUT2D eigenvalue weighted by atomic mass is 10.1. The van der Waals surface area contributed by atoms with Gasteiger partial charge in [-0.25, -0.2) is 0 Å². The maximum atomic E-state index is 11.9. The van der Waals surface area contributed by atoms with Gasteiger partial charge in [-0.1, -0.05) is 6.08 Å². The lowest BCUT2D eigenvalue weighted by Crippen LogP contribution is -2.33. The molecule has 1 aliphatic carbocycles. The molecule has 1 saturated carbocycles. The number of carbonyl (C=O) groups is 1. The van der Waals surface area contributed by atoms with E-state index in [9.17, 15) is 4.79 Å². The van der Waals surface area contributed by atoms with E-state index in [2.05, 4.69) is 6.58 Å². The van der Waals surface area contributed by atoms with Crippen molar-refractivity contribution in [1.29, 1.82) is 0 Å². The summed E-state index contributed by atoms with van der Waals surface area (Å²) in [4.78, 5) is 13.8. The number of hydrogen-bond donors (Lipinski definition) is 1. The number of rotatable bonds is 5. The summed E-state index contributed by atoms with van der Waals surface area (Å²) in [7, 11) is 1.88. The Morgan fingerprint density at radius 1 is 1.60 bits per heavy atom. The number of unbranched alkanes of at least 4 members (excludes halogenated alkanes) is 1. The number of nitrogens with zero attached hydrogens (tertiary/aromatic N) is 1. The Kier molecular flexibility index (Phi) is 4.82. The van der Waals surface area contributed by atoms with E-state index in [1.165, 1.54) is 0 Å². The molecule has 3 heteroatoms. The molecule has 0 spiro atoms. The topological polar surface area (TPSA) is 46.3 Å². The Morgan fingerprint density at radius 3 is 2.87 bits per heavy atom. The molecule has 2 N–H and O–H groups in total. The largest absolute Gasteiger partial charge is 0.346 e. The molecule has 2 unspecified atom stereocenters. The van der Waals surface area contributed by atoms with Crippen LogP contribution in [0.15, 0.2) is 12.7 Å². The maximum absolute atomic E-state index is 11.9. The number of allylic oxidation sites excluding steroid dienone is 1. The average molecular weight is 210 g/mol. The molecule has 0 aromatic carbocycles. The van der Waals surface area contributed by atoms with Gasteiger partial charge in [0.05, 0.1) is 0 Å². The van der Waals surface area contributed by atoms with Crippen LogP contribution in [0.2, 0.25) is 0 Å². The molecule has 1 aliphatic rings. The summed E-state index contributed by atoms with van der Waals surface area (Å²) in [5.41, 5.74) is 5.80. The van der Waals surface area contributed by atoms with Crippen molar-refractivity contribution in [3.05, 3.63) is 12.7 Å². The standard InChI is InChI=1S/C12H22N2O/c1-3-4-5-8-14(2)12(15)10-6-7-11(13)9-10/h3,10-11H,1,4-9,13H2,2H3. The van der Waals surface area contributed by atoms with Gasteiger partial charge >= 0.3 is 0 Å². The molecule has 0 aromatic heterocycles. The molecule has 0 aromatic rings. The molecule has 0 saturated heterocycles. The second-order valence-corrected chi connectivity index (χ2v) is 4.46. The van der Waals surface area contributed by atoms with E-state index in [0.29, 0.717) is 0 Å². The molecule has 86 valence electrons. The summed E-state index contributed by atoms with van der Waals surface area (Å²) < 4.78 is 0. The van der Waals surface area contributed by atoms with Crippen molar-refractivity contribution in [3.8, 4) is 0 Å². The molecule has 0 heterocycles. The smallest absolute Gasteiger partial charge is 0.225 e. The lowest BCUT2D eigenvalue weighted by molar-refractivity contribution is -0.134. The van der Waals surface area contributed by atoms with Gasteiger partial charge in [-0.15, -0.1) is 6.58 Å². The van der Waals surface area contributed by atoms with Crippen LogP contribution in [-0.2, 0) is 4.79 Å². The van der Waals surface area contributed by atoms with E-state index in [0.717, 1.165) is 38.6 Å². The predicted octanol–water partition coefficient (Wildman–Crippen LogP) is 1.54. The van der Waals surface area contributed by atoms with E-state index in [1.807, 2.05) is 18.0 Å². The van der Waals surface area contributed by atoms with E-state index in [1.54, 1.807) is 0 Å². The fourth-order valence-electron chi connectivity index (χ4n) is 2.14. The first-order valence-corrected chi connectivity index (χ1v) is 5.76. The third-order valence-corrected chi connectivity index (χ3v) is 3.10. The van der Waals surface area contributed by atoms with Crippen LogP contribution < -0.4 is 5.73 Å². The second kappa shape index (κ2) is 5.91. The zero-order valence-electron chi connectivity index (χ0n) is 9.61. The summed E-state index contributed by atoms with van der Waals surface area (Å²) in [6.45, 7) is 4.50. The van der Waals surface area contributed by atoms with Crippen LogP contribution in [0.5, 0.6) is 0 Å². The highest BCUT2D eigenvalue weighted by Gasteiger charge is 2.29. The van der Waals surface area contributed by atoms with Gasteiger partial charge in [0.25, 0.3) is 0 Å². The average Bonchev–Trinajstić information content (AvgIpc) is 2.64. The molecule has 1 fully saturated rings. The van der Waals surface area contributed by atoms with Crippen molar-refractivity contribution in [2.75, 3.05) is 13.6 Å². The highest BCUT2D eigenvalue weighted by atomic mass is 16.2. The van der Waals surface area contributed by atoms with Crippen LogP contribution in [0.25, 0.3) is 0 Å². The van der Waals surface area contributed by atoms with Crippen LogP contribution in [0.3, 0.4) is 0 Å². The molecule has 0 radical (unpaired) electrons. The molecular weight excluding hydrogens is 188 g/mol. The van der Waals surface area contributed by atoms with Gasteiger partial charge < -0.3 is 10.6 Å². The molecule has 15 heavy (non-hydrogen) atoms. The van der Waals surface area contributed by atoms with Crippen molar-refractivity contribution in [1.82, 2.24) is 4.90 Å².